The van der Waals surface area contributed by atoms with E-state index in [1.807, 2.05) is 116 Å². The number of hydrogen-bond donors (Lipinski definition) is 7. The van der Waals surface area contributed by atoms with E-state index in [1.54, 1.807) is 67.5 Å². The Morgan fingerprint density at radius 2 is 0.837 bits per heavy atom. The fourth-order valence-electron chi connectivity index (χ4n) is 7.45. The summed E-state index contributed by atoms with van der Waals surface area (Å²) in [4.78, 5) is 57.8. The molecular weight excluding hydrogens is 1580 g/mol. The number of esters is 1. The third kappa shape index (κ3) is 27.6. The minimum Gasteiger partial charge on any atom is -0.478 e. The number of nitrogen functional groups attached to an aromatic ring is 4. The number of carbonyl (C=O) groups excluding carboxylic acids is 1. The number of nitrogens with one attached hydrogen (secondary N) is 1. The lowest BCUT2D eigenvalue weighted by molar-refractivity contribution is -0.387. The first-order chi connectivity index (χ1) is 42.7. The van der Waals surface area contributed by atoms with Crippen molar-refractivity contribution in [3.05, 3.63) is 206 Å². The van der Waals surface area contributed by atoms with Crippen LogP contribution in [0.4, 0.5) is 55.6 Å². The highest BCUT2D eigenvalue weighted by atomic mass is 127. The number of methoxy groups -OCH3 is 1. The summed E-state index contributed by atoms with van der Waals surface area (Å²) in [6.45, 7) is 12.2. The van der Waals surface area contributed by atoms with Gasteiger partial charge in [0.2, 0.25) is 5.82 Å². The number of nitro groups is 2. The van der Waals surface area contributed by atoms with Crippen LogP contribution in [-0.2, 0) is 4.74 Å². The minimum absolute atomic E-state index is 0.0255. The molecule has 0 saturated carbocycles. The van der Waals surface area contributed by atoms with Crippen molar-refractivity contribution in [3.8, 4) is 0 Å². The van der Waals surface area contributed by atoms with Gasteiger partial charge in [0, 0.05) is 88.5 Å². The second-order valence-electron chi connectivity index (χ2n) is 20.6. The summed E-state index contributed by atoms with van der Waals surface area (Å²) in [5.74, 6) is -2.42. The summed E-state index contributed by atoms with van der Waals surface area (Å²) >= 11 is 35.3. The molecule has 11 N–H and O–H groups in total. The fourth-order valence-corrected chi connectivity index (χ4v) is 12.2. The van der Waals surface area contributed by atoms with Crippen molar-refractivity contribution in [2.24, 2.45) is 0 Å². The van der Waals surface area contributed by atoms with Crippen LogP contribution < -0.4 is 43.0 Å². The van der Waals surface area contributed by atoms with Crippen molar-refractivity contribution in [3.63, 3.8) is 0 Å². The van der Waals surface area contributed by atoms with Crippen LogP contribution in [0.1, 0.15) is 107 Å². The summed E-state index contributed by atoms with van der Waals surface area (Å²) in [6, 6.07) is 29.7. The molecule has 20 nitrogen and oxygen atoms in total. The van der Waals surface area contributed by atoms with E-state index >= 15 is 0 Å². The van der Waals surface area contributed by atoms with Crippen molar-refractivity contribution in [1.29, 1.82) is 0 Å². The van der Waals surface area contributed by atoms with E-state index in [2.05, 4.69) is 94.3 Å². The average molecular weight is 1660 g/mol. The first kappa shape index (κ1) is 85.6. The Bertz CT molecular complexity index is 3460. The minimum atomic E-state index is -1.00. The molecule has 7 aromatic rings. The lowest BCUT2D eigenvalue weighted by Gasteiger charge is -2.16. The quantitative estimate of drug-likeness (QED) is 0.0208. The molecule has 7 aromatic carbocycles. The van der Waals surface area contributed by atoms with Crippen LogP contribution in [0.3, 0.4) is 0 Å². The number of rotatable bonds is 11. The Morgan fingerprint density at radius 1 is 0.533 bits per heavy atom. The van der Waals surface area contributed by atoms with Crippen molar-refractivity contribution in [1.82, 2.24) is 5.32 Å². The SMILES string of the molecule is CC(C)c1cc(N)c(C(=O)O)cc1Br.CC(C)c1cc(N)c(C(=O)O)cc1Br.CN(C)c1c(Cl)cccc1I.CN(C)c1c(Cl)cccc1[N+](=O)[O-].CN(C)c1c(N)cccc1Cl.CNC.COC(=O)c1cc(Br)c(C(C)C)cc1N.O=[N+]([O-])c1cccc(Cl)c1F. The van der Waals surface area contributed by atoms with Crippen molar-refractivity contribution in [2.45, 2.75) is 59.3 Å². The number of halogens is 9. The van der Waals surface area contributed by atoms with Gasteiger partial charge in [0.05, 0.1) is 70.8 Å². The van der Waals surface area contributed by atoms with Crippen LogP contribution in [-0.4, -0.2) is 101 Å². The number of ether oxygens (including phenoxy) is 1. The smallest absolute Gasteiger partial charge is 0.339 e. The van der Waals surface area contributed by atoms with Gasteiger partial charge in [0.15, 0.2) is 0 Å². The van der Waals surface area contributed by atoms with Gasteiger partial charge < -0.3 is 57.9 Å². The number of nitrogens with two attached hydrogens (primary N) is 4. The number of para-hydroxylation sites is 3. The van der Waals surface area contributed by atoms with Crippen molar-refractivity contribution in [2.75, 3.05) is 101 Å². The Morgan fingerprint density at radius 3 is 1.11 bits per heavy atom. The standard InChI is InChI=1S/C11H14BrNO2.2C10H12BrNO2.C8H9ClIN.C8H9ClN2O2.C8H11ClN2.C6H3ClFNO2.C2H7N/c1-6(2)7-5-10(13)8(4-9(7)12)11(14)15-3;2*1-5(2)6-4-9(12)7(10(13)14)3-8(6)11;1-11(2)8-6(9)4-3-5-7(8)10;1-10(2)8-6(9)4-3-5-7(8)11(12)13;1-11(2)8-6(9)4-3-5-7(8)10;7-4-2-1-3-5(6(4)8)9(10)11;1-3-2/h4-6H,13H2,1-3H3;2*3-5H,12H2,1-2H3,(H,13,14);3-5H,1-2H3;3-5H,1-2H3;3-5H,10H2,1-2H3;1-3H;3H,1-2H3. The number of hydrogen-bond acceptors (Lipinski definition) is 16. The van der Waals surface area contributed by atoms with Gasteiger partial charge in [-0.05, 0) is 144 Å². The highest BCUT2D eigenvalue weighted by Crippen LogP contribution is 2.36. The van der Waals surface area contributed by atoms with E-state index in [0.717, 1.165) is 52.6 Å². The number of carboxylic acids is 2. The second-order valence-corrected chi connectivity index (χ2v) is 25.9. The first-order valence-corrected chi connectivity index (χ1v) is 32.0. The molecule has 0 spiro atoms. The molecule has 0 atom stereocenters. The average Bonchev–Trinajstić information content (AvgIpc) is 0.931. The molecule has 0 amide bonds. The molecule has 29 heteroatoms. The van der Waals surface area contributed by atoms with Crippen LogP contribution in [0.15, 0.2) is 123 Å². The number of nitro benzene ring substituents is 2. The Labute approximate surface area is 595 Å². The number of nitrogens with zero attached hydrogens (tertiary/aromatic N) is 5. The lowest BCUT2D eigenvalue weighted by atomic mass is 10.0. The third-order valence-electron chi connectivity index (χ3n) is 11.8. The summed E-state index contributed by atoms with van der Waals surface area (Å²) in [7, 11) is 16.3. The molecule has 0 heterocycles. The van der Waals surface area contributed by atoms with E-state index in [9.17, 15) is 39.0 Å². The van der Waals surface area contributed by atoms with Gasteiger partial charge >= 0.3 is 23.6 Å². The van der Waals surface area contributed by atoms with E-state index in [1.165, 1.54) is 28.9 Å². The van der Waals surface area contributed by atoms with E-state index in [-0.39, 0.29) is 21.8 Å². The van der Waals surface area contributed by atoms with Crippen LogP contribution in [0, 0.1) is 29.6 Å². The van der Waals surface area contributed by atoms with Crippen LogP contribution in [0.5, 0.6) is 0 Å². The molecule has 0 aromatic heterocycles. The molecular formula is C63H77Br3Cl4FIN10O10. The fraction of sp³-hybridized carbons (Fsp3) is 0.286. The predicted octanol–water partition coefficient (Wildman–Crippen LogP) is 18.2. The summed E-state index contributed by atoms with van der Waals surface area (Å²) in [5.41, 5.74) is 30.2. The Balaban J connectivity index is 0.00000104. The molecule has 0 aliphatic carbocycles. The molecule has 0 radical (unpaired) electrons. The number of anilines is 7. The van der Waals surface area contributed by atoms with E-state index < -0.39 is 39.3 Å². The van der Waals surface area contributed by atoms with E-state index in [0.29, 0.717) is 61.8 Å². The molecule has 92 heavy (non-hydrogen) atoms. The number of carbonyl (C=O) groups is 3. The maximum Gasteiger partial charge on any atom is 0.339 e. The van der Waals surface area contributed by atoms with Gasteiger partial charge in [0.1, 0.15) is 5.69 Å². The Kier molecular flexibility index (Phi) is 39.1. The van der Waals surface area contributed by atoms with Gasteiger partial charge in [-0.3, -0.25) is 20.2 Å². The Hall–Kier alpha value is -6.43. The van der Waals surface area contributed by atoms with Crippen LogP contribution in [0.25, 0.3) is 0 Å². The molecule has 0 unspecified atom stereocenters. The maximum atomic E-state index is 12.7. The molecule has 0 aliphatic heterocycles. The third-order valence-corrected chi connectivity index (χ3v) is 16.0. The van der Waals surface area contributed by atoms with Crippen LogP contribution in [0.2, 0.25) is 20.1 Å². The molecule has 502 valence electrons. The number of aromatic carboxylic acids is 2. The zero-order chi connectivity index (χ0) is 71.3. The highest BCUT2D eigenvalue weighted by molar-refractivity contribution is 14.1. The molecule has 0 saturated heterocycles. The zero-order valence-electron chi connectivity index (χ0n) is 53.2. The van der Waals surface area contributed by atoms with E-state index in [4.69, 9.17) is 79.6 Å². The zero-order valence-corrected chi connectivity index (χ0v) is 63.2. The second kappa shape index (κ2) is 42.0. The van der Waals surface area contributed by atoms with Crippen molar-refractivity contribution < 1.29 is 43.6 Å². The van der Waals surface area contributed by atoms with Gasteiger partial charge in [-0.15, -0.1) is 0 Å². The molecule has 0 fully saturated rings. The molecule has 7 rings (SSSR count). The monoisotopic (exact) mass is 1660 g/mol. The van der Waals surface area contributed by atoms with Gasteiger partial charge in [-0.2, -0.15) is 4.39 Å². The predicted molar refractivity (Wildman–Crippen MR) is 397 cm³/mol. The molecule has 0 bridgehead atoms. The highest BCUT2D eigenvalue weighted by Gasteiger charge is 2.20. The summed E-state index contributed by atoms with van der Waals surface area (Å²) in [5, 5.41) is 42.7. The van der Waals surface area contributed by atoms with Crippen LogP contribution >= 0.6 is 117 Å². The first-order valence-electron chi connectivity index (χ1n) is 27.1. The maximum absolute atomic E-state index is 12.7. The van der Waals surface area contributed by atoms with Gasteiger partial charge in [0.25, 0.3) is 5.69 Å². The topological polar surface area (TPSA) is 313 Å². The van der Waals surface area contributed by atoms with Gasteiger partial charge in [-0.25, -0.2) is 14.4 Å². The summed E-state index contributed by atoms with van der Waals surface area (Å²) < 4.78 is 21.0. The van der Waals surface area contributed by atoms with Crippen molar-refractivity contribution >= 4 is 186 Å². The lowest BCUT2D eigenvalue weighted by Crippen LogP contribution is -2.11. The number of carboxylic acid groups (broad SMARTS) is 2. The summed E-state index contributed by atoms with van der Waals surface area (Å²) in [6.07, 6.45) is 0. The largest absolute Gasteiger partial charge is 0.478 e. The normalized spacial score (nSPS) is 9.99. The molecule has 0 aliphatic rings. The van der Waals surface area contributed by atoms with Gasteiger partial charge in [-0.1, -0.05) is 160 Å². The number of benzene rings is 7.